The molecule has 1 atom stereocenters. The van der Waals surface area contributed by atoms with Gasteiger partial charge in [-0.05, 0) is 35.7 Å². The molecule has 0 radical (unpaired) electrons. The van der Waals surface area contributed by atoms with Crippen molar-refractivity contribution in [3.05, 3.63) is 76.9 Å². The maximum atomic E-state index is 10.1. The van der Waals surface area contributed by atoms with Gasteiger partial charge in [-0.1, -0.05) is 48.0 Å². The predicted octanol–water partition coefficient (Wildman–Crippen LogP) is 3.58. The van der Waals surface area contributed by atoms with E-state index in [4.69, 9.17) is 11.6 Å². The lowest BCUT2D eigenvalue weighted by Crippen LogP contribution is -2.28. The standard InChI is InChI=1S/C19H19ClN2O/c20-18-9-8-15(19-17(18)7-4-10-22-19)12-21-13-16(23)11-14-5-2-1-3-6-14/h1-10,16,21,23H,11-13H2. The number of hydrogen-bond acceptors (Lipinski definition) is 3. The summed E-state index contributed by atoms with van der Waals surface area (Å²) in [6.45, 7) is 1.18. The monoisotopic (exact) mass is 326 g/mol. The van der Waals surface area contributed by atoms with E-state index < -0.39 is 6.10 Å². The molecule has 3 nitrogen and oxygen atoms in total. The van der Waals surface area contributed by atoms with Gasteiger partial charge in [-0.3, -0.25) is 4.98 Å². The maximum absolute atomic E-state index is 10.1. The number of aromatic nitrogens is 1. The minimum atomic E-state index is -0.413. The van der Waals surface area contributed by atoms with E-state index in [1.165, 1.54) is 0 Å². The van der Waals surface area contributed by atoms with Gasteiger partial charge in [0.05, 0.1) is 11.6 Å². The Balaban J connectivity index is 1.60. The summed E-state index contributed by atoms with van der Waals surface area (Å²) < 4.78 is 0. The van der Waals surface area contributed by atoms with Gasteiger partial charge in [-0.25, -0.2) is 0 Å². The van der Waals surface area contributed by atoms with E-state index in [9.17, 15) is 5.11 Å². The first-order valence-electron chi connectivity index (χ1n) is 7.69. The van der Waals surface area contributed by atoms with Crippen LogP contribution in [0.1, 0.15) is 11.1 Å². The van der Waals surface area contributed by atoms with Crippen molar-refractivity contribution in [1.29, 1.82) is 0 Å². The molecular formula is C19H19ClN2O. The van der Waals surface area contributed by atoms with Gasteiger partial charge in [0.15, 0.2) is 0 Å². The molecule has 1 unspecified atom stereocenters. The maximum Gasteiger partial charge on any atom is 0.0761 e. The molecule has 0 saturated heterocycles. The number of aliphatic hydroxyl groups excluding tert-OH is 1. The highest BCUT2D eigenvalue weighted by atomic mass is 35.5. The second-order valence-corrected chi connectivity index (χ2v) is 5.99. The van der Waals surface area contributed by atoms with Crippen LogP contribution in [-0.4, -0.2) is 22.7 Å². The van der Waals surface area contributed by atoms with Crippen LogP contribution in [0.4, 0.5) is 0 Å². The first-order chi connectivity index (χ1) is 11.2. The minimum absolute atomic E-state index is 0.413. The zero-order valence-corrected chi connectivity index (χ0v) is 13.5. The van der Waals surface area contributed by atoms with E-state index in [0.29, 0.717) is 24.5 Å². The van der Waals surface area contributed by atoms with Crippen LogP contribution in [0.25, 0.3) is 10.9 Å². The van der Waals surface area contributed by atoms with Crippen molar-refractivity contribution in [1.82, 2.24) is 10.3 Å². The summed E-state index contributed by atoms with van der Waals surface area (Å²) >= 11 is 6.20. The quantitative estimate of drug-likeness (QED) is 0.727. The Morgan fingerprint density at radius 1 is 1.04 bits per heavy atom. The van der Waals surface area contributed by atoms with Crippen molar-refractivity contribution in [2.75, 3.05) is 6.54 Å². The van der Waals surface area contributed by atoms with Crippen LogP contribution in [0.3, 0.4) is 0 Å². The Hall–Kier alpha value is -1.94. The number of pyridine rings is 1. The largest absolute Gasteiger partial charge is 0.391 e. The fourth-order valence-corrected chi connectivity index (χ4v) is 2.89. The van der Waals surface area contributed by atoms with Gasteiger partial charge in [0, 0.05) is 29.7 Å². The predicted molar refractivity (Wildman–Crippen MR) is 94.6 cm³/mol. The smallest absolute Gasteiger partial charge is 0.0761 e. The Labute approximate surface area is 140 Å². The van der Waals surface area contributed by atoms with Gasteiger partial charge in [-0.2, -0.15) is 0 Å². The van der Waals surface area contributed by atoms with Gasteiger partial charge >= 0.3 is 0 Å². The SMILES string of the molecule is OC(CNCc1ccc(Cl)c2cccnc12)Cc1ccccc1. The van der Waals surface area contributed by atoms with E-state index >= 15 is 0 Å². The van der Waals surface area contributed by atoms with Crippen LogP contribution in [0, 0.1) is 0 Å². The van der Waals surface area contributed by atoms with Crippen molar-refractivity contribution in [2.24, 2.45) is 0 Å². The molecule has 0 aliphatic rings. The third kappa shape index (κ3) is 4.08. The molecule has 0 spiro atoms. The van der Waals surface area contributed by atoms with Crippen molar-refractivity contribution in [3.63, 3.8) is 0 Å². The summed E-state index contributed by atoms with van der Waals surface area (Å²) in [6.07, 6.45) is 2.00. The van der Waals surface area contributed by atoms with E-state index in [-0.39, 0.29) is 0 Å². The Morgan fingerprint density at radius 2 is 1.87 bits per heavy atom. The second-order valence-electron chi connectivity index (χ2n) is 5.58. The first-order valence-corrected chi connectivity index (χ1v) is 8.06. The van der Waals surface area contributed by atoms with Crippen LogP contribution in [0.15, 0.2) is 60.8 Å². The highest BCUT2D eigenvalue weighted by Crippen LogP contribution is 2.24. The molecule has 118 valence electrons. The second kappa shape index (κ2) is 7.55. The summed E-state index contributed by atoms with van der Waals surface area (Å²) in [5.74, 6) is 0. The Morgan fingerprint density at radius 3 is 2.70 bits per heavy atom. The molecule has 0 aliphatic heterocycles. The number of rotatable bonds is 6. The molecule has 0 fully saturated rings. The molecular weight excluding hydrogens is 308 g/mol. The number of nitrogens with one attached hydrogen (secondary N) is 1. The van der Waals surface area contributed by atoms with Crippen molar-refractivity contribution in [2.45, 2.75) is 19.1 Å². The Bertz CT molecular complexity index is 777. The van der Waals surface area contributed by atoms with E-state index in [1.807, 2.05) is 54.6 Å². The van der Waals surface area contributed by atoms with E-state index in [1.54, 1.807) is 6.20 Å². The number of hydrogen-bond donors (Lipinski definition) is 2. The van der Waals surface area contributed by atoms with Gasteiger partial charge in [0.25, 0.3) is 0 Å². The molecule has 0 bridgehead atoms. The summed E-state index contributed by atoms with van der Waals surface area (Å²) in [7, 11) is 0. The Kier molecular flexibility index (Phi) is 5.23. The fourth-order valence-electron chi connectivity index (χ4n) is 2.67. The third-order valence-corrected chi connectivity index (χ3v) is 4.14. The van der Waals surface area contributed by atoms with E-state index in [2.05, 4.69) is 10.3 Å². The van der Waals surface area contributed by atoms with E-state index in [0.717, 1.165) is 22.0 Å². The molecule has 2 N–H and O–H groups in total. The molecule has 1 aromatic heterocycles. The molecule has 3 aromatic rings. The number of nitrogens with zero attached hydrogens (tertiary/aromatic N) is 1. The number of fused-ring (bicyclic) bond motifs is 1. The molecule has 0 amide bonds. The average molecular weight is 327 g/mol. The zero-order chi connectivity index (χ0) is 16.1. The van der Waals surface area contributed by atoms with Crippen LogP contribution in [-0.2, 0) is 13.0 Å². The molecule has 0 saturated carbocycles. The third-order valence-electron chi connectivity index (χ3n) is 3.81. The lowest BCUT2D eigenvalue weighted by atomic mass is 10.1. The van der Waals surface area contributed by atoms with Crippen LogP contribution < -0.4 is 5.32 Å². The van der Waals surface area contributed by atoms with Crippen LogP contribution in [0.5, 0.6) is 0 Å². The van der Waals surface area contributed by atoms with Crippen molar-refractivity contribution < 1.29 is 5.11 Å². The molecule has 4 heteroatoms. The highest BCUT2D eigenvalue weighted by Gasteiger charge is 2.08. The molecule has 23 heavy (non-hydrogen) atoms. The molecule has 3 rings (SSSR count). The van der Waals surface area contributed by atoms with Gasteiger partial charge in [0.2, 0.25) is 0 Å². The zero-order valence-electron chi connectivity index (χ0n) is 12.7. The molecule has 2 aromatic carbocycles. The minimum Gasteiger partial charge on any atom is -0.391 e. The summed E-state index contributed by atoms with van der Waals surface area (Å²) in [4.78, 5) is 4.42. The normalized spacial score (nSPS) is 12.4. The topological polar surface area (TPSA) is 45.1 Å². The molecule has 1 heterocycles. The summed E-state index contributed by atoms with van der Waals surface area (Å²) in [5, 5.41) is 15.1. The van der Waals surface area contributed by atoms with Crippen molar-refractivity contribution >= 4 is 22.5 Å². The summed E-state index contributed by atoms with van der Waals surface area (Å²) in [5.41, 5.74) is 3.13. The molecule has 0 aliphatic carbocycles. The van der Waals surface area contributed by atoms with Gasteiger partial charge in [0.1, 0.15) is 0 Å². The first kappa shape index (κ1) is 15.9. The summed E-state index contributed by atoms with van der Waals surface area (Å²) in [6, 6.07) is 17.7. The average Bonchev–Trinajstić information content (AvgIpc) is 2.58. The van der Waals surface area contributed by atoms with Crippen LogP contribution in [0.2, 0.25) is 5.02 Å². The van der Waals surface area contributed by atoms with Crippen LogP contribution >= 0.6 is 11.6 Å². The highest BCUT2D eigenvalue weighted by molar-refractivity contribution is 6.35. The van der Waals surface area contributed by atoms with Gasteiger partial charge < -0.3 is 10.4 Å². The lowest BCUT2D eigenvalue weighted by molar-refractivity contribution is 0.171. The van der Waals surface area contributed by atoms with Gasteiger partial charge in [-0.15, -0.1) is 0 Å². The lowest BCUT2D eigenvalue weighted by Gasteiger charge is -2.13. The number of aliphatic hydroxyl groups is 1. The van der Waals surface area contributed by atoms with Crippen molar-refractivity contribution in [3.8, 4) is 0 Å². The number of halogens is 1. The number of benzene rings is 2. The fraction of sp³-hybridized carbons (Fsp3) is 0.211.